The van der Waals surface area contributed by atoms with Crippen LogP contribution in [0.1, 0.15) is 18.7 Å². The third-order valence-electron chi connectivity index (χ3n) is 5.01. The molecule has 1 atom stereocenters. The van der Waals surface area contributed by atoms with Gasteiger partial charge in [-0.15, -0.1) is 0 Å². The number of anilines is 1. The van der Waals surface area contributed by atoms with E-state index in [9.17, 15) is 4.39 Å². The van der Waals surface area contributed by atoms with E-state index < -0.39 is 0 Å². The van der Waals surface area contributed by atoms with Crippen LogP contribution >= 0.6 is 0 Å². The van der Waals surface area contributed by atoms with Crippen molar-refractivity contribution in [3.8, 4) is 22.6 Å². The predicted octanol–water partition coefficient (Wildman–Crippen LogP) is 3.54. The Morgan fingerprint density at radius 1 is 1.10 bits per heavy atom. The molecule has 0 saturated carbocycles. The van der Waals surface area contributed by atoms with Crippen molar-refractivity contribution in [1.29, 1.82) is 0 Å². The average molecular weight is 388 g/mol. The maximum Gasteiger partial charge on any atom is 0.146 e. The van der Waals surface area contributed by atoms with Gasteiger partial charge in [0, 0.05) is 18.0 Å². The van der Waals surface area contributed by atoms with Crippen LogP contribution in [0.2, 0.25) is 0 Å². The fourth-order valence-corrected chi connectivity index (χ4v) is 3.50. The predicted molar refractivity (Wildman–Crippen MR) is 107 cm³/mol. The Bertz CT molecular complexity index is 1300. The first kappa shape index (κ1) is 17.1. The molecule has 0 aliphatic rings. The molecule has 1 unspecified atom stereocenters. The van der Waals surface area contributed by atoms with Gasteiger partial charge < -0.3 is 15.3 Å². The number of hydrogen-bond donors (Lipinski definition) is 3. The molecule has 4 N–H and O–H groups in total. The normalized spacial score (nSPS) is 12.5. The third-order valence-corrected chi connectivity index (χ3v) is 5.01. The first-order valence-electron chi connectivity index (χ1n) is 9.04. The number of hydrogen-bond acceptors (Lipinski definition) is 5. The largest absolute Gasteiger partial charge is 0.383 e. The maximum atomic E-state index is 14.1. The van der Waals surface area contributed by atoms with Crippen LogP contribution in [-0.4, -0.2) is 34.7 Å². The van der Waals surface area contributed by atoms with Gasteiger partial charge in [-0.1, -0.05) is 12.1 Å². The highest BCUT2D eigenvalue weighted by molar-refractivity contribution is 5.99. The summed E-state index contributed by atoms with van der Waals surface area (Å²) in [5.74, 6) is 0.535. The molecule has 0 saturated heterocycles. The first-order valence-corrected chi connectivity index (χ1v) is 9.04. The molecule has 4 aromatic heterocycles. The number of rotatable bonds is 4. The first-order chi connectivity index (χ1) is 14.1. The molecule has 1 aromatic carbocycles. The lowest BCUT2D eigenvalue weighted by Gasteiger charge is -2.12. The van der Waals surface area contributed by atoms with Crippen molar-refractivity contribution in [2.45, 2.75) is 13.0 Å². The van der Waals surface area contributed by atoms with E-state index in [4.69, 9.17) is 5.73 Å². The monoisotopic (exact) mass is 388 g/mol. The molecule has 144 valence electrons. The lowest BCUT2D eigenvalue weighted by Crippen LogP contribution is -2.07. The Labute approximate surface area is 164 Å². The second-order valence-corrected chi connectivity index (χ2v) is 6.71. The van der Waals surface area contributed by atoms with Crippen LogP contribution in [0.15, 0.2) is 55.2 Å². The van der Waals surface area contributed by atoms with Gasteiger partial charge in [0.2, 0.25) is 0 Å². The van der Waals surface area contributed by atoms with E-state index in [0.717, 1.165) is 22.3 Å². The number of aromatic nitrogens is 7. The molecular formula is C20H17FN8. The van der Waals surface area contributed by atoms with Gasteiger partial charge in [0.05, 0.1) is 34.6 Å². The minimum Gasteiger partial charge on any atom is -0.383 e. The van der Waals surface area contributed by atoms with Crippen molar-refractivity contribution in [3.63, 3.8) is 0 Å². The van der Waals surface area contributed by atoms with Crippen LogP contribution in [0, 0.1) is 5.82 Å². The van der Waals surface area contributed by atoms with Gasteiger partial charge in [0.25, 0.3) is 0 Å². The van der Waals surface area contributed by atoms with Gasteiger partial charge in [-0.2, -0.15) is 5.10 Å². The molecule has 5 rings (SSSR count). The van der Waals surface area contributed by atoms with Crippen LogP contribution in [-0.2, 0) is 0 Å². The fraction of sp³-hybridized carbons (Fsp3) is 0.100. The standard InChI is InChI=1S/C20H17FN8/c1-11(16-8-23-19(27-16)12-4-2-3-5-14(12)21)29-9-13(15-6-7-26-28-15)17-18(22)24-10-25-20(17)29/h2-11H,1H3,(H,23,27)(H,26,28)(H2,22,24,25). The number of nitrogen functional groups attached to an aromatic ring is 1. The molecule has 5 aromatic rings. The zero-order valence-corrected chi connectivity index (χ0v) is 15.5. The molecule has 8 nitrogen and oxygen atoms in total. The van der Waals surface area contributed by atoms with Crippen LogP contribution < -0.4 is 5.73 Å². The van der Waals surface area contributed by atoms with E-state index in [1.807, 2.05) is 23.8 Å². The molecule has 0 spiro atoms. The minimum atomic E-state index is -0.325. The number of imidazole rings is 1. The number of nitrogens with zero attached hydrogens (tertiary/aromatic N) is 5. The summed E-state index contributed by atoms with van der Waals surface area (Å²) in [7, 11) is 0. The van der Waals surface area contributed by atoms with Gasteiger partial charge in [0.15, 0.2) is 0 Å². The number of H-pyrrole nitrogens is 2. The summed E-state index contributed by atoms with van der Waals surface area (Å²) >= 11 is 0. The Morgan fingerprint density at radius 2 is 1.97 bits per heavy atom. The van der Waals surface area contributed by atoms with E-state index in [1.54, 1.807) is 30.6 Å². The highest BCUT2D eigenvalue weighted by atomic mass is 19.1. The zero-order valence-electron chi connectivity index (χ0n) is 15.5. The summed E-state index contributed by atoms with van der Waals surface area (Å²) < 4.78 is 16.1. The molecule has 0 amide bonds. The Balaban J connectivity index is 1.62. The van der Waals surface area contributed by atoms with E-state index in [0.29, 0.717) is 22.9 Å². The zero-order chi connectivity index (χ0) is 20.0. The van der Waals surface area contributed by atoms with Gasteiger partial charge in [-0.05, 0) is 25.1 Å². The number of aromatic amines is 2. The fourth-order valence-electron chi connectivity index (χ4n) is 3.50. The molecular weight excluding hydrogens is 371 g/mol. The molecule has 29 heavy (non-hydrogen) atoms. The van der Waals surface area contributed by atoms with Crippen molar-refractivity contribution in [1.82, 2.24) is 34.7 Å². The Morgan fingerprint density at radius 3 is 2.76 bits per heavy atom. The molecule has 0 aliphatic heterocycles. The smallest absolute Gasteiger partial charge is 0.146 e. The number of benzene rings is 1. The molecule has 0 fully saturated rings. The highest BCUT2D eigenvalue weighted by Crippen LogP contribution is 2.34. The maximum absolute atomic E-state index is 14.1. The van der Waals surface area contributed by atoms with E-state index in [-0.39, 0.29) is 11.9 Å². The van der Waals surface area contributed by atoms with Crippen LogP contribution in [0.3, 0.4) is 0 Å². The summed E-state index contributed by atoms with van der Waals surface area (Å²) in [5.41, 5.74) is 9.65. The number of nitrogens with one attached hydrogen (secondary N) is 2. The second kappa shape index (κ2) is 6.55. The van der Waals surface area contributed by atoms with E-state index >= 15 is 0 Å². The molecule has 0 bridgehead atoms. The second-order valence-electron chi connectivity index (χ2n) is 6.71. The van der Waals surface area contributed by atoms with Gasteiger partial charge in [-0.3, -0.25) is 5.10 Å². The Hall–Kier alpha value is -4.01. The van der Waals surface area contributed by atoms with Crippen molar-refractivity contribution in [2.75, 3.05) is 5.73 Å². The number of nitrogens with two attached hydrogens (primary N) is 1. The summed E-state index contributed by atoms with van der Waals surface area (Å²) in [4.78, 5) is 16.2. The Kier molecular flexibility index (Phi) is 3.87. The highest BCUT2D eigenvalue weighted by Gasteiger charge is 2.21. The van der Waals surface area contributed by atoms with Crippen LogP contribution in [0.25, 0.3) is 33.7 Å². The van der Waals surface area contributed by atoms with Crippen LogP contribution in [0.4, 0.5) is 10.2 Å². The molecule has 0 radical (unpaired) electrons. The molecule has 0 aliphatic carbocycles. The van der Waals surface area contributed by atoms with Crippen molar-refractivity contribution < 1.29 is 4.39 Å². The third kappa shape index (κ3) is 2.75. The quantitative estimate of drug-likeness (QED) is 0.436. The van der Waals surface area contributed by atoms with E-state index in [1.165, 1.54) is 12.4 Å². The van der Waals surface area contributed by atoms with E-state index in [2.05, 4.69) is 30.1 Å². The molecule has 4 heterocycles. The van der Waals surface area contributed by atoms with Crippen LogP contribution in [0.5, 0.6) is 0 Å². The number of fused-ring (bicyclic) bond motifs is 1. The average Bonchev–Trinajstić information content (AvgIpc) is 3.47. The van der Waals surface area contributed by atoms with Gasteiger partial charge in [0.1, 0.15) is 29.4 Å². The van der Waals surface area contributed by atoms with Crippen molar-refractivity contribution >= 4 is 16.9 Å². The lowest BCUT2D eigenvalue weighted by molar-refractivity contribution is 0.628. The molecule has 9 heteroatoms. The van der Waals surface area contributed by atoms with Crippen molar-refractivity contribution in [3.05, 3.63) is 66.8 Å². The van der Waals surface area contributed by atoms with Gasteiger partial charge in [-0.25, -0.2) is 19.3 Å². The minimum absolute atomic E-state index is 0.160. The summed E-state index contributed by atoms with van der Waals surface area (Å²) in [5, 5.41) is 7.82. The SMILES string of the molecule is CC(c1cnc(-c2ccccc2F)[nH]1)n1cc(-c2cc[nH]n2)c2c(N)ncnc21. The van der Waals surface area contributed by atoms with Gasteiger partial charge >= 0.3 is 0 Å². The number of halogens is 1. The summed E-state index contributed by atoms with van der Waals surface area (Å²) in [6.45, 7) is 2.00. The van der Waals surface area contributed by atoms with Crippen molar-refractivity contribution in [2.24, 2.45) is 0 Å². The topological polar surface area (TPSA) is 114 Å². The summed E-state index contributed by atoms with van der Waals surface area (Å²) in [6.07, 6.45) is 6.83. The lowest BCUT2D eigenvalue weighted by atomic mass is 10.2. The summed E-state index contributed by atoms with van der Waals surface area (Å²) in [6, 6.07) is 8.24.